The van der Waals surface area contributed by atoms with Crippen LogP contribution in [-0.4, -0.2) is 46.1 Å². The Balaban J connectivity index is 1.24. The third-order valence-corrected chi connectivity index (χ3v) is 5.71. The first kappa shape index (κ1) is 23.2. The van der Waals surface area contributed by atoms with Crippen molar-refractivity contribution < 1.29 is 19.4 Å². The van der Waals surface area contributed by atoms with E-state index in [1.165, 1.54) is 18.0 Å². The van der Waals surface area contributed by atoms with Gasteiger partial charge in [0.15, 0.2) is 0 Å². The number of nitrogens with zero attached hydrogens (tertiary/aromatic N) is 2. The van der Waals surface area contributed by atoms with Gasteiger partial charge in [-0.1, -0.05) is 18.2 Å². The number of aliphatic carboxylic acids is 1. The summed E-state index contributed by atoms with van der Waals surface area (Å²) in [6.07, 6.45) is 7.07. The highest BCUT2D eigenvalue weighted by Crippen LogP contribution is 2.20. The minimum atomic E-state index is -1.09. The molecule has 0 fully saturated rings. The minimum Gasteiger partial charge on any atom is -0.494 e. The Bertz CT molecular complexity index is 1120. The summed E-state index contributed by atoms with van der Waals surface area (Å²) in [5, 5.41) is 15.4. The first-order valence-corrected chi connectivity index (χ1v) is 11.5. The molecule has 0 saturated heterocycles. The Morgan fingerprint density at radius 3 is 2.65 bits per heavy atom. The molecule has 8 nitrogen and oxygen atoms in total. The van der Waals surface area contributed by atoms with Crippen LogP contribution in [-0.2, 0) is 24.1 Å². The van der Waals surface area contributed by atoms with Gasteiger partial charge in [0.25, 0.3) is 5.91 Å². The molecule has 1 amide bonds. The monoisotopic (exact) mass is 460 g/mol. The van der Waals surface area contributed by atoms with Crippen LogP contribution in [0.15, 0.2) is 60.9 Å². The number of hydrogen-bond donors (Lipinski definition) is 3. The average Bonchev–Trinajstić information content (AvgIpc) is 2.87. The molecule has 176 valence electrons. The molecular weight excluding hydrogens is 432 g/mol. The maximum absolute atomic E-state index is 12.3. The summed E-state index contributed by atoms with van der Waals surface area (Å²) < 4.78 is 5.83. The number of amides is 1. The van der Waals surface area contributed by atoms with Crippen molar-refractivity contribution in [1.82, 2.24) is 15.3 Å². The van der Waals surface area contributed by atoms with Crippen LogP contribution in [0, 0.1) is 0 Å². The number of nitrogens with one attached hydrogen (secondary N) is 2. The molecule has 1 aliphatic heterocycles. The van der Waals surface area contributed by atoms with Crippen molar-refractivity contribution in [2.24, 2.45) is 0 Å². The second-order valence-electron chi connectivity index (χ2n) is 8.24. The number of pyridine rings is 2. The van der Waals surface area contributed by atoms with E-state index in [-0.39, 0.29) is 6.42 Å². The number of anilines is 1. The van der Waals surface area contributed by atoms with E-state index in [1.54, 1.807) is 12.1 Å². The number of carboxylic acid groups (broad SMARTS) is 1. The molecule has 2 aromatic heterocycles. The molecule has 0 bridgehead atoms. The second-order valence-corrected chi connectivity index (χ2v) is 8.24. The molecule has 1 aliphatic rings. The number of ether oxygens (including phenoxy) is 1. The summed E-state index contributed by atoms with van der Waals surface area (Å²) in [7, 11) is 0. The SMILES string of the molecule is O=C(N[C@H](Cc1ccc(OCCCc2ccc3c(n2)NCCC3)cc1)C(=O)O)c1ccncc1. The fourth-order valence-electron chi connectivity index (χ4n) is 3.85. The third kappa shape index (κ3) is 6.31. The van der Waals surface area contributed by atoms with E-state index in [2.05, 4.69) is 27.8 Å². The summed E-state index contributed by atoms with van der Waals surface area (Å²) in [5.41, 5.74) is 3.50. The largest absolute Gasteiger partial charge is 0.494 e. The third-order valence-electron chi connectivity index (χ3n) is 5.71. The van der Waals surface area contributed by atoms with Crippen LogP contribution in [0.4, 0.5) is 5.82 Å². The normalized spacial score (nSPS) is 13.3. The summed E-state index contributed by atoms with van der Waals surface area (Å²) >= 11 is 0. The van der Waals surface area contributed by atoms with Crippen LogP contribution in [0.1, 0.15) is 40.0 Å². The van der Waals surface area contributed by atoms with Crippen molar-refractivity contribution in [1.29, 1.82) is 0 Å². The van der Waals surface area contributed by atoms with E-state index in [9.17, 15) is 14.7 Å². The van der Waals surface area contributed by atoms with E-state index in [4.69, 9.17) is 9.72 Å². The molecule has 0 aliphatic carbocycles. The number of carbonyl (C=O) groups excluding carboxylic acids is 1. The Morgan fingerprint density at radius 1 is 1.09 bits per heavy atom. The van der Waals surface area contributed by atoms with Crippen LogP contribution in [0.25, 0.3) is 0 Å². The van der Waals surface area contributed by atoms with Gasteiger partial charge in [-0.2, -0.15) is 0 Å². The van der Waals surface area contributed by atoms with Crippen molar-refractivity contribution in [2.45, 2.75) is 38.1 Å². The van der Waals surface area contributed by atoms with E-state index in [0.29, 0.717) is 12.2 Å². The molecule has 0 spiro atoms. The quantitative estimate of drug-likeness (QED) is 0.398. The molecule has 34 heavy (non-hydrogen) atoms. The fourth-order valence-corrected chi connectivity index (χ4v) is 3.85. The number of benzene rings is 1. The molecule has 4 rings (SSSR count). The van der Waals surface area contributed by atoms with Crippen LogP contribution in [0.2, 0.25) is 0 Å². The maximum Gasteiger partial charge on any atom is 0.326 e. The number of aryl methyl sites for hydroxylation is 2. The average molecular weight is 461 g/mol. The van der Waals surface area contributed by atoms with E-state index in [1.807, 2.05) is 24.3 Å². The molecule has 3 aromatic rings. The van der Waals surface area contributed by atoms with Gasteiger partial charge >= 0.3 is 5.97 Å². The smallest absolute Gasteiger partial charge is 0.326 e. The Morgan fingerprint density at radius 2 is 1.88 bits per heavy atom. The highest BCUT2D eigenvalue weighted by atomic mass is 16.5. The van der Waals surface area contributed by atoms with E-state index in [0.717, 1.165) is 55.1 Å². The van der Waals surface area contributed by atoms with Crippen molar-refractivity contribution in [2.75, 3.05) is 18.5 Å². The number of carboxylic acids is 1. The Hall–Kier alpha value is -3.94. The molecule has 0 saturated carbocycles. The standard InChI is InChI=1S/C26H28N4O4/c31-25(20-11-14-27-15-12-20)30-23(26(32)33)17-18-5-9-22(10-6-18)34-16-2-4-21-8-7-19-3-1-13-28-24(19)29-21/h5-12,14-15,23H,1-4,13,16-17H2,(H,28,29)(H,30,31)(H,32,33)/t23-/m1/s1. The van der Waals surface area contributed by atoms with Crippen molar-refractivity contribution >= 4 is 17.7 Å². The number of rotatable bonds is 10. The van der Waals surface area contributed by atoms with Crippen LogP contribution in [0.3, 0.4) is 0 Å². The van der Waals surface area contributed by atoms with Gasteiger partial charge in [-0.05, 0) is 67.1 Å². The lowest BCUT2D eigenvalue weighted by Gasteiger charge is -2.17. The zero-order valence-electron chi connectivity index (χ0n) is 18.9. The zero-order chi connectivity index (χ0) is 23.8. The summed E-state index contributed by atoms with van der Waals surface area (Å²) in [5.74, 6) is 0.195. The second kappa shape index (κ2) is 11.3. The lowest BCUT2D eigenvalue weighted by Crippen LogP contribution is -2.42. The van der Waals surface area contributed by atoms with Gasteiger partial charge in [0, 0.05) is 36.6 Å². The molecule has 1 aromatic carbocycles. The fraction of sp³-hybridized carbons (Fsp3) is 0.308. The number of fused-ring (bicyclic) bond motifs is 1. The van der Waals surface area contributed by atoms with Gasteiger partial charge in [0.1, 0.15) is 17.6 Å². The van der Waals surface area contributed by atoms with Crippen molar-refractivity contribution in [3.8, 4) is 5.75 Å². The highest BCUT2D eigenvalue weighted by molar-refractivity contribution is 5.96. The predicted molar refractivity (Wildman–Crippen MR) is 128 cm³/mol. The summed E-state index contributed by atoms with van der Waals surface area (Å²) in [6, 6.07) is 13.6. The van der Waals surface area contributed by atoms with Gasteiger partial charge in [-0.15, -0.1) is 0 Å². The first-order valence-electron chi connectivity index (χ1n) is 11.5. The van der Waals surface area contributed by atoms with Crippen LogP contribution in [0.5, 0.6) is 5.75 Å². The van der Waals surface area contributed by atoms with Crippen LogP contribution < -0.4 is 15.4 Å². The van der Waals surface area contributed by atoms with Gasteiger partial charge < -0.3 is 20.5 Å². The zero-order valence-corrected chi connectivity index (χ0v) is 18.9. The molecule has 3 N–H and O–H groups in total. The lowest BCUT2D eigenvalue weighted by molar-refractivity contribution is -0.139. The van der Waals surface area contributed by atoms with E-state index < -0.39 is 17.9 Å². The van der Waals surface area contributed by atoms with Gasteiger partial charge in [-0.25, -0.2) is 9.78 Å². The van der Waals surface area contributed by atoms with E-state index >= 15 is 0 Å². The van der Waals surface area contributed by atoms with Crippen molar-refractivity contribution in [3.05, 3.63) is 83.3 Å². The molecule has 1 atom stereocenters. The Labute approximate surface area is 198 Å². The van der Waals surface area contributed by atoms with Gasteiger partial charge in [0.2, 0.25) is 0 Å². The van der Waals surface area contributed by atoms with Crippen LogP contribution >= 0.6 is 0 Å². The lowest BCUT2D eigenvalue weighted by atomic mass is 10.1. The number of hydrogen-bond acceptors (Lipinski definition) is 6. The van der Waals surface area contributed by atoms with Gasteiger partial charge in [0.05, 0.1) is 6.61 Å². The maximum atomic E-state index is 12.3. The van der Waals surface area contributed by atoms with Gasteiger partial charge in [-0.3, -0.25) is 9.78 Å². The predicted octanol–water partition coefficient (Wildman–Crippen LogP) is 3.27. The summed E-state index contributed by atoms with van der Waals surface area (Å²) in [4.78, 5) is 32.5. The summed E-state index contributed by atoms with van der Waals surface area (Å²) in [6.45, 7) is 1.54. The topological polar surface area (TPSA) is 113 Å². The molecule has 8 heteroatoms. The van der Waals surface area contributed by atoms with Crippen molar-refractivity contribution in [3.63, 3.8) is 0 Å². The number of aromatic nitrogens is 2. The Kier molecular flexibility index (Phi) is 7.70. The number of carbonyl (C=O) groups is 2. The molecular formula is C26H28N4O4. The highest BCUT2D eigenvalue weighted by Gasteiger charge is 2.21. The molecule has 0 radical (unpaired) electrons. The first-order chi connectivity index (χ1) is 16.6. The molecule has 3 heterocycles. The molecule has 0 unspecified atom stereocenters. The minimum absolute atomic E-state index is 0.171.